The van der Waals surface area contributed by atoms with Crippen LogP contribution in [-0.2, 0) is 54.6 Å². The molecule has 0 aliphatic carbocycles. The molecule has 0 saturated carbocycles. The van der Waals surface area contributed by atoms with Gasteiger partial charge < -0.3 is 35.8 Å². The Balaban J connectivity index is 1.16. The molecule has 0 radical (unpaired) electrons. The van der Waals surface area contributed by atoms with Crippen LogP contribution in [0, 0.1) is 0 Å². The van der Waals surface area contributed by atoms with Crippen molar-refractivity contribution in [1.29, 1.82) is 0 Å². The minimum atomic E-state index is -1.36. The van der Waals surface area contributed by atoms with Crippen molar-refractivity contribution in [1.82, 2.24) is 21.3 Å². The summed E-state index contributed by atoms with van der Waals surface area (Å²) < 4.78 is 11.2. The molecule has 65 heavy (non-hydrogen) atoms. The average molecular weight is 891 g/mol. The number of hydrogen-bond donors (Lipinski definition) is 5. The lowest BCUT2D eigenvalue weighted by Gasteiger charge is -2.27. The van der Waals surface area contributed by atoms with Gasteiger partial charge in [0.2, 0.25) is 17.7 Å². The molecule has 4 atom stereocenters. The number of thiophene rings is 1. The van der Waals surface area contributed by atoms with Gasteiger partial charge in [-0.15, -0.1) is 11.3 Å². The van der Waals surface area contributed by atoms with E-state index in [1.54, 1.807) is 109 Å². The van der Waals surface area contributed by atoms with Gasteiger partial charge in [0.05, 0.1) is 5.56 Å². The van der Waals surface area contributed by atoms with Crippen LogP contribution in [-0.4, -0.2) is 71.4 Å². The first kappa shape index (κ1) is 45.2. The van der Waals surface area contributed by atoms with Crippen molar-refractivity contribution in [2.24, 2.45) is 0 Å². The van der Waals surface area contributed by atoms with Gasteiger partial charge in [0.25, 0.3) is 5.91 Å². The van der Waals surface area contributed by atoms with Crippen LogP contribution < -0.4 is 26.0 Å². The van der Waals surface area contributed by atoms with Gasteiger partial charge >= 0.3 is 11.9 Å². The first-order chi connectivity index (χ1) is 31.5. The molecule has 6 aromatic rings. The molecule has 13 nitrogen and oxygen atoms in total. The number of carboxylic acids is 1. The lowest BCUT2D eigenvalue weighted by atomic mass is 9.98. The molecule has 2 aliphatic rings. The second-order valence-corrected chi connectivity index (χ2v) is 16.3. The van der Waals surface area contributed by atoms with Gasteiger partial charge in [-0.25, -0.2) is 9.59 Å². The third-order valence-corrected chi connectivity index (χ3v) is 11.7. The zero-order chi connectivity index (χ0) is 45.7. The number of ether oxygens (including phenoxy) is 2. The van der Waals surface area contributed by atoms with E-state index in [0.717, 1.165) is 16.7 Å². The van der Waals surface area contributed by atoms with Crippen LogP contribution in [0.15, 0.2) is 158 Å². The van der Waals surface area contributed by atoms with Gasteiger partial charge in [-0.1, -0.05) is 122 Å². The lowest BCUT2D eigenvalue weighted by Crippen LogP contribution is -2.59. The Morgan fingerprint density at radius 2 is 1.22 bits per heavy atom. The van der Waals surface area contributed by atoms with Gasteiger partial charge in [-0.2, -0.15) is 0 Å². The molecule has 0 fully saturated rings. The summed E-state index contributed by atoms with van der Waals surface area (Å²) in [6.45, 7) is 3.82. The third-order valence-electron chi connectivity index (χ3n) is 10.7. The van der Waals surface area contributed by atoms with Crippen molar-refractivity contribution in [3.8, 4) is 16.9 Å². The number of nitrogens with one attached hydrogen (secondary N) is 4. The van der Waals surface area contributed by atoms with Crippen molar-refractivity contribution in [2.75, 3.05) is 6.61 Å². The second kappa shape index (κ2) is 21.5. The molecule has 14 heteroatoms. The Bertz CT molecular complexity index is 2620. The van der Waals surface area contributed by atoms with Crippen LogP contribution in [0.5, 0.6) is 5.75 Å². The normalized spacial score (nSPS) is 18.3. The van der Waals surface area contributed by atoms with Crippen molar-refractivity contribution >= 4 is 52.5 Å². The number of carbonyl (C=O) groups is 6. The first-order valence-corrected chi connectivity index (χ1v) is 21.7. The van der Waals surface area contributed by atoms with E-state index in [-0.39, 0.29) is 31.4 Å². The number of hydrogen-bond acceptors (Lipinski definition) is 9. The Morgan fingerprint density at radius 3 is 1.82 bits per heavy atom. The highest BCUT2D eigenvalue weighted by atomic mass is 32.1. The molecule has 330 valence electrons. The van der Waals surface area contributed by atoms with Gasteiger partial charge in [-0.05, 0) is 74.7 Å². The molecule has 5 N–H and O–H groups in total. The number of amides is 4. The smallest absolute Gasteiger partial charge is 0.338 e. The first-order valence-electron chi connectivity index (χ1n) is 20.8. The molecule has 0 spiro atoms. The summed E-state index contributed by atoms with van der Waals surface area (Å²) in [5.41, 5.74) is 5.08. The summed E-state index contributed by atoms with van der Waals surface area (Å²) in [5, 5.41) is 22.9. The van der Waals surface area contributed by atoms with Crippen LogP contribution >= 0.6 is 11.3 Å². The number of aliphatic carboxylic acids is 1. The quantitative estimate of drug-likeness (QED) is 0.0776. The molecule has 5 aromatic carbocycles. The summed E-state index contributed by atoms with van der Waals surface area (Å²) >= 11 is 1.32. The average Bonchev–Trinajstić information content (AvgIpc) is 3.87. The minimum absolute atomic E-state index is 0.00353. The number of carbonyl (C=O) groups excluding carboxylic acids is 5. The van der Waals surface area contributed by atoms with Crippen molar-refractivity contribution in [2.45, 2.75) is 50.0 Å². The standard InChI is InChI=1S/C51H46N4O9S/c1-32(44-13-8-26-65-44)46-49(59)53-42(28-34-14-18-37(19-15-34)38-20-22-39(23-21-38)51(62)64-30-36-11-6-3-7-12-36)47(57)52-41(27-33-9-4-2-5-10-33)48(58)54-43(50(60)61)29-35-16-24-40(25-17-35)63-31-45(56)55-46/h2-26,41-43,46H,1,27-31H2,(H,52,57)(H,53,59)(H,54,58)(H,55,56)(H,60,61). The molecule has 8 rings (SSSR count). The van der Waals surface area contributed by atoms with Gasteiger partial charge in [-0.3, -0.25) is 19.2 Å². The highest BCUT2D eigenvalue weighted by Crippen LogP contribution is 2.24. The van der Waals surface area contributed by atoms with Gasteiger partial charge in [0.15, 0.2) is 6.61 Å². The second-order valence-electron chi connectivity index (χ2n) is 15.4. The van der Waals surface area contributed by atoms with E-state index in [2.05, 4.69) is 27.8 Å². The molecule has 4 unspecified atom stereocenters. The van der Waals surface area contributed by atoms with Crippen LogP contribution in [0.4, 0.5) is 0 Å². The number of fused-ring (bicyclic) bond motifs is 16. The molecule has 3 heterocycles. The largest absolute Gasteiger partial charge is 0.484 e. The number of benzene rings is 5. The molecule has 2 aliphatic heterocycles. The van der Waals surface area contributed by atoms with E-state index in [9.17, 15) is 33.9 Å². The summed E-state index contributed by atoms with van der Waals surface area (Å²) in [4.78, 5) is 82.2. The van der Waals surface area contributed by atoms with Crippen LogP contribution in [0.1, 0.15) is 37.5 Å². The summed E-state index contributed by atoms with van der Waals surface area (Å²) in [6.07, 6.45) is -0.130. The summed E-state index contributed by atoms with van der Waals surface area (Å²) in [7, 11) is 0. The third kappa shape index (κ3) is 12.4. The van der Waals surface area contributed by atoms with Crippen LogP contribution in [0.3, 0.4) is 0 Å². The Labute approximate surface area is 379 Å². The van der Waals surface area contributed by atoms with Crippen molar-refractivity contribution in [3.63, 3.8) is 0 Å². The maximum Gasteiger partial charge on any atom is 0.338 e. The highest BCUT2D eigenvalue weighted by molar-refractivity contribution is 7.11. The monoisotopic (exact) mass is 890 g/mol. The Kier molecular flexibility index (Phi) is 14.9. The number of carboxylic acid groups (broad SMARTS) is 1. The fourth-order valence-corrected chi connectivity index (χ4v) is 7.90. The molecular formula is C51H46N4O9S. The Hall–Kier alpha value is -7.84. The fourth-order valence-electron chi connectivity index (χ4n) is 7.17. The van der Waals surface area contributed by atoms with Gasteiger partial charge in [0.1, 0.15) is 36.5 Å². The predicted molar refractivity (Wildman–Crippen MR) is 246 cm³/mol. The van der Waals surface area contributed by atoms with E-state index >= 15 is 0 Å². The zero-order valence-electron chi connectivity index (χ0n) is 35.1. The maximum absolute atomic E-state index is 14.5. The van der Waals surface area contributed by atoms with Crippen molar-refractivity contribution < 1.29 is 43.3 Å². The minimum Gasteiger partial charge on any atom is -0.484 e. The van der Waals surface area contributed by atoms with E-state index < -0.39 is 66.3 Å². The lowest BCUT2D eigenvalue weighted by molar-refractivity contribution is -0.142. The van der Waals surface area contributed by atoms with Crippen molar-refractivity contribution in [3.05, 3.63) is 190 Å². The zero-order valence-corrected chi connectivity index (χ0v) is 35.9. The van der Waals surface area contributed by atoms with Crippen LogP contribution in [0.2, 0.25) is 0 Å². The van der Waals surface area contributed by atoms with E-state index in [0.29, 0.717) is 32.9 Å². The van der Waals surface area contributed by atoms with Crippen LogP contribution in [0.25, 0.3) is 16.7 Å². The molecule has 0 saturated heterocycles. The maximum atomic E-state index is 14.5. The number of rotatable bonds is 11. The van der Waals surface area contributed by atoms with E-state index in [4.69, 9.17) is 9.47 Å². The van der Waals surface area contributed by atoms with Gasteiger partial charge in [0, 0.05) is 24.1 Å². The topological polar surface area (TPSA) is 189 Å². The number of esters is 1. The highest BCUT2D eigenvalue weighted by Gasteiger charge is 2.33. The van der Waals surface area contributed by atoms with E-state index in [1.807, 2.05) is 42.5 Å². The molecule has 4 amide bonds. The summed E-state index contributed by atoms with van der Waals surface area (Å²) in [5.74, 6) is -4.28. The summed E-state index contributed by atoms with van der Waals surface area (Å²) in [6, 6.07) is 37.2. The SMILES string of the molecule is C=C(c1cccs1)C1NC(=O)COc2ccc(cc2)CC(C(=O)O)NC(=O)C(Cc2ccccc2)NC(=O)C(Cc2ccc(-c3ccc(C(=O)OCc4ccccc4)cc3)cc2)NC1=O. The fraction of sp³-hybridized carbons (Fsp3) is 0.176. The Morgan fingerprint density at radius 1 is 0.646 bits per heavy atom. The molecule has 2 bridgehead atoms. The molecule has 1 aromatic heterocycles. The predicted octanol–water partition coefficient (Wildman–Crippen LogP) is 5.93. The molecular weight excluding hydrogens is 845 g/mol. The van der Waals surface area contributed by atoms with E-state index in [1.165, 1.54) is 11.3 Å².